The van der Waals surface area contributed by atoms with Gasteiger partial charge in [-0.1, -0.05) is 12.1 Å². The predicted octanol–water partition coefficient (Wildman–Crippen LogP) is 2.05. The van der Waals surface area contributed by atoms with Crippen molar-refractivity contribution in [3.05, 3.63) is 42.5 Å². The van der Waals surface area contributed by atoms with Crippen molar-refractivity contribution in [3.63, 3.8) is 0 Å². The molecular weight excluding hydrogens is 318 g/mol. The van der Waals surface area contributed by atoms with Crippen molar-refractivity contribution < 1.29 is 9.53 Å². The van der Waals surface area contributed by atoms with Crippen molar-refractivity contribution in [2.24, 2.45) is 20.0 Å². The summed E-state index contributed by atoms with van der Waals surface area (Å²) in [6, 6.07) is 7.87. The van der Waals surface area contributed by atoms with E-state index in [0.29, 0.717) is 19.0 Å². The molecule has 1 aromatic carbocycles. The number of hydrogen-bond donors (Lipinski definition) is 0. The van der Waals surface area contributed by atoms with Crippen LogP contribution >= 0.6 is 0 Å². The number of para-hydroxylation sites is 2. The number of aryl methyl sites for hydroxylation is 2. The number of carbonyl (C=O) groups excluding carboxylic acids is 1. The lowest BCUT2D eigenvalue weighted by molar-refractivity contribution is -0.124. The molecule has 0 N–H and O–H groups in total. The average Bonchev–Trinajstić information content (AvgIpc) is 3.32. The first-order chi connectivity index (χ1) is 12.1. The lowest BCUT2D eigenvalue weighted by Crippen LogP contribution is -2.36. The zero-order valence-corrected chi connectivity index (χ0v) is 14.6. The maximum Gasteiger partial charge on any atom is 0.235 e. The number of nitrogens with zero attached hydrogens (tertiary/aromatic N) is 5. The molecule has 7 nitrogen and oxygen atoms in total. The van der Waals surface area contributed by atoms with Crippen molar-refractivity contribution in [1.82, 2.24) is 19.1 Å². The van der Waals surface area contributed by atoms with Crippen LogP contribution in [0.1, 0.15) is 18.3 Å². The van der Waals surface area contributed by atoms with Crippen molar-refractivity contribution in [3.8, 4) is 0 Å². The van der Waals surface area contributed by atoms with E-state index in [1.54, 1.807) is 18.1 Å². The molecule has 0 unspecified atom stereocenters. The Hall–Kier alpha value is -2.67. The molecule has 7 heteroatoms. The van der Waals surface area contributed by atoms with Gasteiger partial charge in [-0.05, 0) is 18.6 Å². The van der Waals surface area contributed by atoms with E-state index in [4.69, 9.17) is 4.74 Å². The fourth-order valence-corrected chi connectivity index (χ4v) is 3.53. The number of hydrogen-bond acceptors (Lipinski definition) is 4. The third kappa shape index (κ3) is 2.51. The van der Waals surface area contributed by atoms with Crippen molar-refractivity contribution in [2.75, 3.05) is 18.6 Å². The summed E-state index contributed by atoms with van der Waals surface area (Å²) in [4.78, 5) is 23.8. The smallest absolute Gasteiger partial charge is 0.235 e. The molecular formula is C18H21N5O2. The highest BCUT2D eigenvalue weighted by Gasteiger charge is 2.39. The molecule has 3 heterocycles. The van der Waals surface area contributed by atoms with E-state index < -0.39 is 0 Å². The van der Waals surface area contributed by atoms with Gasteiger partial charge < -0.3 is 13.9 Å². The molecule has 1 fully saturated rings. The topological polar surface area (TPSA) is 65.2 Å². The zero-order valence-electron chi connectivity index (χ0n) is 14.6. The van der Waals surface area contributed by atoms with Crippen LogP contribution in [0.5, 0.6) is 0 Å². The third-order valence-electron chi connectivity index (χ3n) is 4.92. The van der Waals surface area contributed by atoms with Crippen molar-refractivity contribution >= 4 is 22.9 Å². The number of aromatic nitrogens is 4. The quantitative estimate of drug-likeness (QED) is 0.732. The van der Waals surface area contributed by atoms with Gasteiger partial charge in [-0.2, -0.15) is 0 Å². The van der Waals surface area contributed by atoms with Crippen LogP contribution in [0.15, 0.2) is 36.7 Å². The van der Waals surface area contributed by atoms with Gasteiger partial charge in [0, 0.05) is 40.1 Å². The van der Waals surface area contributed by atoms with Crippen LogP contribution in [0.25, 0.3) is 11.0 Å². The second-order valence-electron chi connectivity index (χ2n) is 6.44. The monoisotopic (exact) mass is 339 g/mol. The second kappa shape index (κ2) is 6.00. The molecule has 3 aromatic rings. The minimum absolute atomic E-state index is 0.00362. The van der Waals surface area contributed by atoms with E-state index in [1.807, 2.05) is 53.7 Å². The number of fused-ring (bicyclic) bond motifs is 1. The molecule has 0 bridgehead atoms. The van der Waals surface area contributed by atoms with Crippen LogP contribution in [-0.2, 0) is 23.6 Å². The number of imidazole rings is 2. The summed E-state index contributed by atoms with van der Waals surface area (Å²) in [5.74, 6) is 1.17. The predicted molar refractivity (Wildman–Crippen MR) is 94.1 cm³/mol. The first kappa shape index (κ1) is 15.8. The summed E-state index contributed by atoms with van der Waals surface area (Å²) >= 11 is 0. The van der Waals surface area contributed by atoms with Crippen molar-refractivity contribution in [1.29, 1.82) is 0 Å². The summed E-state index contributed by atoms with van der Waals surface area (Å²) in [6.45, 7) is 0.560. The number of amides is 1. The zero-order chi connectivity index (χ0) is 17.6. The maximum atomic E-state index is 13.1. The number of anilines is 1. The molecule has 2 aromatic heterocycles. The summed E-state index contributed by atoms with van der Waals surface area (Å²) in [5.41, 5.74) is 1.88. The Bertz CT molecular complexity index is 929. The Kier molecular flexibility index (Phi) is 3.80. The highest BCUT2D eigenvalue weighted by atomic mass is 16.5. The maximum absolute atomic E-state index is 13.1. The van der Waals surface area contributed by atoms with Gasteiger partial charge in [-0.15, -0.1) is 0 Å². The Morgan fingerprint density at radius 2 is 2.12 bits per heavy atom. The standard InChI is InChI=1S/C18H21N5O2/c1-21-10-9-19-16(21)15-12(8-11-25-15)17(24)23(3)18-20-13-6-4-5-7-14(13)22(18)2/h4-7,9-10,12,15H,8,11H2,1-3H3/t12-,15-/m1/s1. The molecule has 0 radical (unpaired) electrons. The number of carbonyl (C=O) groups is 1. The van der Waals surface area contributed by atoms with Gasteiger partial charge in [0.15, 0.2) is 0 Å². The third-order valence-corrected chi connectivity index (χ3v) is 4.92. The first-order valence-corrected chi connectivity index (χ1v) is 8.36. The van der Waals surface area contributed by atoms with Crippen LogP contribution in [-0.4, -0.2) is 38.7 Å². The first-order valence-electron chi connectivity index (χ1n) is 8.36. The van der Waals surface area contributed by atoms with Crippen LogP contribution in [0, 0.1) is 5.92 Å². The molecule has 25 heavy (non-hydrogen) atoms. The Labute approximate surface area is 145 Å². The van der Waals surface area contributed by atoms with Gasteiger partial charge in [0.1, 0.15) is 11.9 Å². The summed E-state index contributed by atoms with van der Waals surface area (Å²) in [7, 11) is 5.62. The van der Waals surface area contributed by atoms with Crippen LogP contribution in [0.2, 0.25) is 0 Å². The SMILES string of the molecule is CN(C(=O)[C@@H]1CCO[C@H]1c1nccn1C)c1nc2ccccc2n1C. The van der Waals surface area contributed by atoms with Gasteiger partial charge in [-0.25, -0.2) is 9.97 Å². The lowest BCUT2D eigenvalue weighted by Gasteiger charge is -2.23. The van der Waals surface area contributed by atoms with Crippen LogP contribution in [0.4, 0.5) is 5.95 Å². The van der Waals surface area contributed by atoms with E-state index in [0.717, 1.165) is 16.9 Å². The minimum Gasteiger partial charge on any atom is -0.369 e. The van der Waals surface area contributed by atoms with Gasteiger partial charge in [0.05, 0.1) is 17.0 Å². The largest absolute Gasteiger partial charge is 0.369 e. The molecule has 1 saturated heterocycles. The highest BCUT2D eigenvalue weighted by Crippen LogP contribution is 2.35. The van der Waals surface area contributed by atoms with Gasteiger partial charge >= 0.3 is 0 Å². The van der Waals surface area contributed by atoms with Gasteiger partial charge in [0.25, 0.3) is 0 Å². The minimum atomic E-state index is -0.315. The number of ether oxygens (including phenoxy) is 1. The van der Waals surface area contributed by atoms with E-state index in [9.17, 15) is 4.79 Å². The highest BCUT2D eigenvalue weighted by molar-refractivity contribution is 5.95. The van der Waals surface area contributed by atoms with Crippen molar-refractivity contribution in [2.45, 2.75) is 12.5 Å². The van der Waals surface area contributed by atoms with E-state index in [-0.39, 0.29) is 17.9 Å². The average molecular weight is 339 g/mol. The molecule has 0 spiro atoms. The Balaban J connectivity index is 1.65. The molecule has 1 aliphatic heterocycles. The van der Waals surface area contributed by atoms with Gasteiger partial charge in [-0.3, -0.25) is 9.69 Å². The molecule has 1 aliphatic rings. The number of benzene rings is 1. The Morgan fingerprint density at radius 1 is 1.32 bits per heavy atom. The number of rotatable bonds is 3. The molecule has 0 saturated carbocycles. The van der Waals surface area contributed by atoms with Crippen LogP contribution in [0.3, 0.4) is 0 Å². The summed E-state index contributed by atoms with van der Waals surface area (Å²) in [5, 5.41) is 0. The normalized spacial score (nSPS) is 20.3. The van der Waals surface area contributed by atoms with Crippen LogP contribution < -0.4 is 4.90 Å². The second-order valence-corrected chi connectivity index (χ2v) is 6.44. The molecule has 1 amide bonds. The summed E-state index contributed by atoms with van der Waals surface area (Å²) in [6.07, 6.45) is 3.97. The fraction of sp³-hybridized carbons (Fsp3) is 0.389. The lowest BCUT2D eigenvalue weighted by atomic mass is 9.99. The Morgan fingerprint density at radius 3 is 2.84 bits per heavy atom. The van der Waals surface area contributed by atoms with E-state index in [2.05, 4.69) is 9.97 Å². The summed E-state index contributed by atoms with van der Waals surface area (Å²) < 4.78 is 9.68. The van der Waals surface area contributed by atoms with E-state index >= 15 is 0 Å². The van der Waals surface area contributed by atoms with Gasteiger partial charge in [0.2, 0.25) is 11.9 Å². The molecule has 4 rings (SSSR count). The fourth-order valence-electron chi connectivity index (χ4n) is 3.53. The molecule has 130 valence electrons. The van der Waals surface area contributed by atoms with E-state index in [1.165, 1.54) is 0 Å². The molecule has 0 aliphatic carbocycles. The molecule has 2 atom stereocenters.